The number of pyridine rings is 1. The standard InChI is InChI=1S/C21H25FN4O2/c22-17-9-7-16(8-10-17)14-21(28)26-13-2-1-4-18-5-3-6-19(25-18)23-11-12-24-20(27)15-26/h3,5-10H,1-2,4,11-15H2,(H,23,25)(H,24,27). The first-order valence-corrected chi connectivity index (χ1v) is 9.59. The van der Waals surface area contributed by atoms with E-state index >= 15 is 0 Å². The van der Waals surface area contributed by atoms with Crippen molar-refractivity contribution in [1.82, 2.24) is 15.2 Å². The van der Waals surface area contributed by atoms with Crippen LogP contribution in [0.1, 0.15) is 24.1 Å². The smallest absolute Gasteiger partial charge is 0.239 e. The van der Waals surface area contributed by atoms with Crippen molar-refractivity contribution in [2.45, 2.75) is 25.7 Å². The van der Waals surface area contributed by atoms with Gasteiger partial charge in [0.05, 0.1) is 13.0 Å². The number of carbonyl (C=O) groups is 2. The Morgan fingerprint density at radius 2 is 1.86 bits per heavy atom. The Morgan fingerprint density at radius 3 is 2.68 bits per heavy atom. The van der Waals surface area contributed by atoms with E-state index in [1.165, 1.54) is 12.1 Å². The minimum absolute atomic E-state index is 0.0313. The number of aryl methyl sites for hydroxylation is 1. The van der Waals surface area contributed by atoms with Gasteiger partial charge in [-0.3, -0.25) is 9.59 Å². The molecule has 2 aromatic rings. The van der Waals surface area contributed by atoms with Crippen molar-refractivity contribution >= 4 is 17.6 Å². The van der Waals surface area contributed by atoms with Gasteiger partial charge < -0.3 is 15.5 Å². The molecule has 2 amide bonds. The second-order valence-corrected chi connectivity index (χ2v) is 6.87. The predicted octanol–water partition coefficient (Wildman–Crippen LogP) is 2.16. The molecule has 2 bridgehead atoms. The van der Waals surface area contributed by atoms with Gasteiger partial charge in [-0.15, -0.1) is 0 Å². The monoisotopic (exact) mass is 384 g/mol. The molecule has 7 heteroatoms. The Balaban J connectivity index is 1.64. The molecule has 148 valence electrons. The van der Waals surface area contributed by atoms with Crippen LogP contribution in [0.4, 0.5) is 10.2 Å². The second kappa shape index (κ2) is 9.82. The first-order chi connectivity index (χ1) is 13.6. The molecule has 0 fully saturated rings. The number of benzene rings is 1. The molecular weight excluding hydrogens is 359 g/mol. The molecule has 1 aromatic heterocycles. The van der Waals surface area contributed by atoms with Gasteiger partial charge in [0, 0.05) is 25.3 Å². The predicted molar refractivity (Wildman–Crippen MR) is 105 cm³/mol. The molecule has 0 saturated heterocycles. The number of nitrogens with one attached hydrogen (secondary N) is 2. The van der Waals surface area contributed by atoms with Crippen LogP contribution in [0.15, 0.2) is 42.5 Å². The molecule has 0 unspecified atom stereocenters. The molecule has 6 nitrogen and oxygen atoms in total. The van der Waals surface area contributed by atoms with E-state index in [1.807, 2.05) is 18.2 Å². The molecule has 3 rings (SSSR count). The number of nitrogens with zero attached hydrogens (tertiary/aromatic N) is 2. The molecule has 2 N–H and O–H groups in total. The van der Waals surface area contributed by atoms with Crippen molar-refractivity contribution in [3.8, 4) is 0 Å². The van der Waals surface area contributed by atoms with E-state index in [1.54, 1.807) is 17.0 Å². The number of carbonyl (C=O) groups excluding carboxylic acids is 2. The average molecular weight is 384 g/mol. The van der Waals surface area contributed by atoms with Crippen molar-refractivity contribution in [1.29, 1.82) is 0 Å². The summed E-state index contributed by atoms with van der Waals surface area (Å²) in [7, 11) is 0. The number of amides is 2. The van der Waals surface area contributed by atoms with Crippen LogP contribution >= 0.6 is 0 Å². The Hall–Kier alpha value is -2.96. The minimum Gasteiger partial charge on any atom is -0.368 e. The molecule has 0 saturated carbocycles. The number of anilines is 1. The van der Waals surface area contributed by atoms with E-state index in [4.69, 9.17) is 0 Å². The lowest BCUT2D eigenvalue weighted by molar-refractivity contribution is -0.135. The highest BCUT2D eigenvalue weighted by Gasteiger charge is 2.17. The van der Waals surface area contributed by atoms with Crippen molar-refractivity contribution < 1.29 is 14.0 Å². The zero-order chi connectivity index (χ0) is 19.8. The molecular formula is C21H25FN4O2. The fourth-order valence-electron chi connectivity index (χ4n) is 3.13. The highest BCUT2D eigenvalue weighted by atomic mass is 19.1. The number of hydrogen-bond acceptors (Lipinski definition) is 4. The summed E-state index contributed by atoms with van der Waals surface area (Å²) in [6.45, 7) is 1.55. The van der Waals surface area contributed by atoms with E-state index in [9.17, 15) is 14.0 Å². The lowest BCUT2D eigenvalue weighted by Gasteiger charge is -2.23. The Morgan fingerprint density at radius 1 is 1.07 bits per heavy atom. The molecule has 2 heterocycles. The summed E-state index contributed by atoms with van der Waals surface area (Å²) in [4.78, 5) is 31.1. The number of halogens is 1. The summed E-state index contributed by atoms with van der Waals surface area (Å²) in [6.07, 6.45) is 2.63. The van der Waals surface area contributed by atoms with Gasteiger partial charge in [-0.05, 0) is 49.1 Å². The van der Waals surface area contributed by atoms with Crippen LogP contribution in [0.25, 0.3) is 0 Å². The summed E-state index contributed by atoms with van der Waals surface area (Å²) >= 11 is 0. The van der Waals surface area contributed by atoms with Gasteiger partial charge in [0.25, 0.3) is 0 Å². The van der Waals surface area contributed by atoms with Gasteiger partial charge in [-0.25, -0.2) is 9.37 Å². The minimum atomic E-state index is -0.333. The van der Waals surface area contributed by atoms with E-state index < -0.39 is 0 Å². The molecule has 1 aliphatic rings. The van der Waals surface area contributed by atoms with Crippen LogP contribution in [0, 0.1) is 5.82 Å². The maximum absolute atomic E-state index is 13.1. The van der Waals surface area contributed by atoms with Crippen LogP contribution in [-0.4, -0.2) is 47.9 Å². The SMILES string of the molecule is O=C1CN(C(=O)Cc2ccc(F)cc2)CCCCc2cccc(n2)NCCN1. The van der Waals surface area contributed by atoms with Gasteiger partial charge in [0.15, 0.2) is 0 Å². The normalized spacial score (nSPS) is 15.9. The van der Waals surface area contributed by atoms with Crippen molar-refractivity contribution in [3.05, 3.63) is 59.5 Å². The maximum atomic E-state index is 13.1. The molecule has 0 aliphatic carbocycles. The number of hydrogen-bond donors (Lipinski definition) is 2. The lowest BCUT2D eigenvalue weighted by Crippen LogP contribution is -2.43. The summed E-state index contributed by atoms with van der Waals surface area (Å²) in [5, 5.41) is 6.02. The van der Waals surface area contributed by atoms with Crippen LogP contribution in [0.5, 0.6) is 0 Å². The first-order valence-electron chi connectivity index (χ1n) is 9.59. The van der Waals surface area contributed by atoms with Gasteiger partial charge in [-0.1, -0.05) is 18.2 Å². The number of fused-ring (bicyclic) bond motifs is 2. The van der Waals surface area contributed by atoms with E-state index in [2.05, 4.69) is 15.6 Å². The van der Waals surface area contributed by atoms with Crippen molar-refractivity contribution in [3.63, 3.8) is 0 Å². The highest BCUT2D eigenvalue weighted by molar-refractivity contribution is 5.85. The highest BCUT2D eigenvalue weighted by Crippen LogP contribution is 2.10. The van der Waals surface area contributed by atoms with Crippen LogP contribution in [-0.2, 0) is 22.4 Å². The Labute approximate surface area is 164 Å². The third kappa shape index (κ3) is 6.04. The van der Waals surface area contributed by atoms with Gasteiger partial charge in [0.1, 0.15) is 11.6 Å². The van der Waals surface area contributed by atoms with Crippen LogP contribution in [0.2, 0.25) is 0 Å². The molecule has 1 aliphatic heterocycles. The number of aromatic nitrogens is 1. The van der Waals surface area contributed by atoms with Gasteiger partial charge in [-0.2, -0.15) is 0 Å². The molecule has 0 atom stereocenters. The second-order valence-electron chi connectivity index (χ2n) is 6.87. The molecule has 0 radical (unpaired) electrons. The van der Waals surface area contributed by atoms with E-state index in [0.29, 0.717) is 19.6 Å². The zero-order valence-electron chi connectivity index (χ0n) is 15.8. The fourth-order valence-corrected chi connectivity index (χ4v) is 3.13. The summed E-state index contributed by atoms with van der Waals surface area (Å²) in [5.41, 5.74) is 1.74. The van der Waals surface area contributed by atoms with Gasteiger partial charge >= 0.3 is 0 Å². The third-order valence-electron chi connectivity index (χ3n) is 4.63. The van der Waals surface area contributed by atoms with E-state index in [0.717, 1.165) is 36.3 Å². The summed E-state index contributed by atoms with van der Waals surface area (Å²) in [6, 6.07) is 11.7. The quantitative estimate of drug-likeness (QED) is 0.832. The fraction of sp³-hybridized carbons (Fsp3) is 0.381. The molecule has 28 heavy (non-hydrogen) atoms. The average Bonchev–Trinajstić information content (AvgIpc) is 2.69. The summed E-state index contributed by atoms with van der Waals surface area (Å²) in [5.74, 6) is 0.153. The van der Waals surface area contributed by atoms with Crippen LogP contribution in [0.3, 0.4) is 0 Å². The Bertz CT molecular complexity index is 810. The van der Waals surface area contributed by atoms with Crippen molar-refractivity contribution in [2.24, 2.45) is 0 Å². The summed E-state index contributed by atoms with van der Waals surface area (Å²) < 4.78 is 13.1. The van der Waals surface area contributed by atoms with Crippen LogP contribution < -0.4 is 10.6 Å². The molecule has 1 aromatic carbocycles. The first kappa shape index (κ1) is 19.8. The lowest BCUT2D eigenvalue weighted by atomic mass is 10.1. The largest absolute Gasteiger partial charge is 0.368 e. The Kier molecular flexibility index (Phi) is 6.94. The van der Waals surface area contributed by atoms with E-state index in [-0.39, 0.29) is 30.6 Å². The van der Waals surface area contributed by atoms with Crippen molar-refractivity contribution in [2.75, 3.05) is 31.5 Å². The number of rotatable bonds is 2. The topological polar surface area (TPSA) is 74.3 Å². The molecule has 0 spiro atoms. The maximum Gasteiger partial charge on any atom is 0.239 e. The third-order valence-corrected chi connectivity index (χ3v) is 4.63. The zero-order valence-corrected chi connectivity index (χ0v) is 15.8. The van der Waals surface area contributed by atoms with Gasteiger partial charge in [0.2, 0.25) is 11.8 Å².